The number of rotatable bonds is 4. The lowest BCUT2D eigenvalue weighted by Gasteiger charge is -2.19. The molecule has 0 aromatic heterocycles. The van der Waals surface area contributed by atoms with Gasteiger partial charge in [0, 0.05) is 0 Å². The topological polar surface area (TPSA) is 121 Å². The van der Waals surface area contributed by atoms with Gasteiger partial charge in [0.15, 0.2) is 0 Å². The van der Waals surface area contributed by atoms with E-state index < -0.39 is 62.7 Å². The normalized spacial score (nSPS) is 11.5. The van der Waals surface area contributed by atoms with Crippen LogP contribution in [0, 0.1) is 7.14 Å². The molecule has 0 aliphatic carbocycles. The molecule has 0 spiro atoms. The van der Waals surface area contributed by atoms with Crippen molar-refractivity contribution in [2.45, 2.75) is 52.7 Å². The van der Waals surface area contributed by atoms with Crippen LogP contribution in [0.3, 0.4) is 0 Å². The standard InChI is InChI=1S/2C11H13IO4/c2*1-11(2,3)16-10(13)8-6-4-5-7-9(8)12(14)15/h2*4-7H,1-3H3. The average Bonchev–Trinajstić information content (AvgIpc) is 2.65. The fourth-order valence-corrected chi connectivity index (χ4v) is 4.94. The largest absolute Gasteiger partial charge is 0.456 e. The van der Waals surface area contributed by atoms with Crippen molar-refractivity contribution in [1.82, 2.24) is 0 Å². The number of carbonyl (C=O) groups excluding carboxylic acids is 2. The fourth-order valence-electron chi connectivity index (χ4n) is 2.19. The molecule has 0 heterocycles. The van der Waals surface area contributed by atoms with Crippen LogP contribution in [-0.2, 0) is 21.7 Å². The van der Waals surface area contributed by atoms with Gasteiger partial charge in [-0.05, 0) is 65.8 Å². The van der Waals surface area contributed by atoms with Crippen LogP contribution in [-0.4, -0.2) is 23.1 Å². The third kappa shape index (κ3) is 9.67. The number of halogens is 2. The van der Waals surface area contributed by atoms with Gasteiger partial charge in [0.25, 0.3) is 0 Å². The molecule has 2 aromatic rings. The molecular weight excluding hydrogens is 646 g/mol. The Morgan fingerprint density at radius 3 is 1.12 bits per heavy atom. The first-order valence-electron chi connectivity index (χ1n) is 9.37. The van der Waals surface area contributed by atoms with Gasteiger partial charge in [-0.2, -0.15) is 0 Å². The van der Waals surface area contributed by atoms with Gasteiger partial charge < -0.3 is 9.47 Å². The predicted molar refractivity (Wildman–Crippen MR) is 131 cm³/mol. The minimum absolute atomic E-state index is 0.0842. The summed E-state index contributed by atoms with van der Waals surface area (Å²) in [6, 6.07) is 12.2. The summed E-state index contributed by atoms with van der Waals surface area (Å²) in [4.78, 5) is 23.4. The monoisotopic (exact) mass is 672 g/mol. The van der Waals surface area contributed by atoms with Gasteiger partial charge in [-0.15, -0.1) is 0 Å². The lowest BCUT2D eigenvalue weighted by atomic mass is 10.2. The zero-order valence-corrected chi connectivity index (χ0v) is 23.0. The Kier molecular flexibility index (Phi) is 10.3. The molecule has 0 saturated heterocycles. The van der Waals surface area contributed by atoms with Crippen molar-refractivity contribution in [1.29, 1.82) is 0 Å². The van der Waals surface area contributed by atoms with Crippen molar-refractivity contribution < 1.29 is 31.3 Å². The molecule has 0 radical (unpaired) electrons. The first kappa shape index (κ1) is 28.1. The Labute approximate surface area is 201 Å². The third-order valence-electron chi connectivity index (χ3n) is 3.32. The van der Waals surface area contributed by atoms with E-state index in [2.05, 4.69) is 0 Å². The molecule has 0 bridgehead atoms. The van der Waals surface area contributed by atoms with E-state index in [1.807, 2.05) is 0 Å². The summed E-state index contributed by atoms with van der Waals surface area (Å²) >= 11 is -7.32. The van der Waals surface area contributed by atoms with E-state index in [1.165, 1.54) is 24.3 Å². The molecule has 2 rings (SSSR count). The maximum Gasteiger partial charge on any atom is 0.341 e. The molecule has 8 nitrogen and oxygen atoms in total. The van der Waals surface area contributed by atoms with Gasteiger partial charge >= 0.3 is 51.5 Å². The van der Waals surface area contributed by atoms with Crippen molar-refractivity contribution >= 4 is 51.5 Å². The van der Waals surface area contributed by atoms with Crippen molar-refractivity contribution in [3.63, 3.8) is 0 Å². The van der Waals surface area contributed by atoms with Crippen molar-refractivity contribution in [2.75, 3.05) is 0 Å². The zero-order valence-electron chi connectivity index (χ0n) is 18.6. The van der Waals surface area contributed by atoms with Gasteiger partial charge in [-0.25, -0.2) is 21.9 Å². The fraction of sp³-hybridized carbons (Fsp3) is 0.364. The highest BCUT2D eigenvalue weighted by atomic mass is 127. The quantitative estimate of drug-likeness (QED) is 0.286. The van der Waals surface area contributed by atoms with Gasteiger partial charge in [-0.3, -0.25) is 0 Å². The van der Waals surface area contributed by atoms with E-state index in [0.29, 0.717) is 0 Å². The number of ether oxygens (including phenoxy) is 2. The van der Waals surface area contributed by atoms with Crippen LogP contribution in [0.25, 0.3) is 0 Å². The van der Waals surface area contributed by atoms with Crippen LogP contribution in [0.2, 0.25) is 0 Å². The molecule has 0 atom stereocenters. The minimum Gasteiger partial charge on any atom is -0.456 e. The van der Waals surface area contributed by atoms with Crippen molar-refractivity contribution in [2.24, 2.45) is 0 Å². The Morgan fingerprint density at radius 2 is 0.875 bits per heavy atom. The van der Waals surface area contributed by atoms with Crippen LogP contribution < -0.4 is 0 Å². The smallest absolute Gasteiger partial charge is 0.341 e. The molecule has 32 heavy (non-hydrogen) atoms. The lowest BCUT2D eigenvalue weighted by molar-refractivity contribution is 0.00557. The van der Waals surface area contributed by atoms with Crippen LogP contribution >= 0.6 is 39.6 Å². The molecule has 0 unspecified atom stereocenters. The number of carbonyl (C=O) groups is 2. The number of benzene rings is 2. The molecule has 2 aromatic carbocycles. The average molecular weight is 672 g/mol. The highest BCUT2D eigenvalue weighted by Gasteiger charge is 2.22. The van der Waals surface area contributed by atoms with Crippen molar-refractivity contribution in [3.8, 4) is 0 Å². The first-order valence-corrected chi connectivity index (χ1v) is 15.1. The second-order valence-electron chi connectivity index (χ2n) is 8.40. The van der Waals surface area contributed by atoms with E-state index >= 15 is 0 Å². The Morgan fingerprint density at radius 1 is 0.594 bits per heavy atom. The summed E-state index contributed by atoms with van der Waals surface area (Å²) in [6.07, 6.45) is 0. The van der Waals surface area contributed by atoms with E-state index in [-0.39, 0.29) is 18.3 Å². The van der Waals surface area contributed by atoms with Crippen LogP contribution in [0.1, 0.15) is 62.3 Å². The Bertz CT molecular complexity index is 1010. The Hall–Kier alpha value is -1.96. The first-order chi connectivity index (χ1) is 14.6. The molecule has 0 fully saturated rings. The summed E-state index contributed by atoms with van der Waals surface area (Å²) < 4.78 is 54.5. The highest BCUT2D eigenvalue weighted by Crippen LogP contribution is 2.24. The maximum atomic E-state index is 11.7. The molecule has 0 aliphatic heterocycles. The zero-order chi connectivity index (χ0) is 24.7. The SMILES string of the molecule is CC(C)(C)OC(=O)c1ccccc1I(=O)=O.CC(C)(C)OC(=O)c1ccccc1I(=O)=O. The number of esters is 2. The molecule has 10 heteroatoms. The van der Waals surface area contributed by atoms with Crippen LogP contribution in [0.15, 0.2) is 48.5 Å². The lowest BCUT2D eigenvalue weighted by Crippen LogP contribution is -2.24. The molecule has 0 saturated carbocycles. The summed E-state index contributed by atoms with van der Waals surface area (Å²) in [7, 11) is 0. The highest BCUT2D eigenvalue weighted by molar-refractivity contribution is 14.2. The minimum atomic E-state index is -3.66. The van der Waals surface area contributed by atoms with E-state index in [4.69, 9.17) is 9.47 Å². The predicted octanol–water partition coefficient (Wildman–Crippen LogP) is 6.02. The molecular formula is C22H26I2O8. The molecule has 176 valence electrons. The number of hydrogen-bond donors (Lipinski definition) is 0. The molecule has 0 aliphatic rings. The van der Waals surface area contributed by atoms with Gasteiger partial charge in [-0.1, -0.05) is 24.3 Å². The summed E-state index contributed by atoms with van der Waals surface area (Å²) in [5, 5.41) is 0. The number of hydrogen-bond acceptors (Lipinski definition) is 8. The van der Waals surface area contributed by atoms with Crippen LogP contribution in [0.5, 0.6) is 0 Å². The van der Waals surface area contributed by atoms with Crippen LogP contribution in [0.4, 0.5) is 0 Å². The van der Waals surface area contributed by atoms with Gasteiger partial charge in [0.05, 0.1) is 18.3 Å². The van der Waals surface area contributed by atoms with Gasteiger partial charge in [0.1, 0.15) is 11.2 Å². The molecule has 0 N–H and O–H groups in total. The van der Waals surface area contributed by atoms with Crippen molar-refractivity contribution in [3.05, 3.63) is 66.8 Å². The summed E-state index contributed by atoms with van der Waals surface area (Å²) in [5.41, 5.74) is -1.02. The summed E-state index contributed by atoms with van der Waals surface area (Å²) in [5.74, 6) is -1.20. The Balaban J connectivity index is 0.000000320. The summed E-state index contributed by atoms with van der Waals surface area (Å²) in [6.45, 7) is 10.4. The molecule has 0 amide bonds. The van der Waals surface area contributed by atoms with E-state index in [1.54, 1.807) is 65.8 Å². The second-order valence-corrected chi connectivity index (χ2v) is 13.2. The van der Waals surface area contributed by atoms with E-state index in [0.717, 1.165) is 0 Å². The van der Waals surface area contributed by atoms with Gasteiger partial charge in [0.2, 0.25) is 0 Å². The third-order valence-corrected chi connectivity index (χ3v) is 7.10. The second kappa shape index (κ2) is 11.8. The van der Waals surface area contributed by atoms with E-state index in [9.17, 15) is 21.9 Å². The maximum absolute atomic E-state index is 11.7.